The van der Waals surface area contributed by atoms with Crippen molar-refractivity contribution in [2.24, 2.45) is 5.92 Å². The highest BCUT2D eigenvalue weighted by Gasteiger charge is 2.42. The zero-order valence-corrected chi connectivity index (χ0v) is 15.1. The molecule has 1 aliphatic carbocycles. The summed E-state index contributed by atoms with van der Waals surface area (Å²) >= 11 is 0. The summed E-state index contributed by atoms with van der Waals surface area (Å²) in [6, 6.07) is 0.592. The molecule has 1 aromatic rings. The van der Waals surface area contributed by atoms with Gasteiger partial charge in [-0.3, -0.25) is 14.3 Å². The predicted molar refractivity (Wildman–Crippen MR) is 93.8 cm³/mol. The normalized spacial score (nSPS) is 27.6. The smallest absolute Gasteiger partial charge is 0.228 e. The molecule has 1 saturated carbocycles. The zero-order valence-electron chi connectivity index (χ0n) is 15.1. The van der Waals surface area contributed by atoms with Gasteiger partial charge < -0.3 is 9.80 Å². The summed E-state index contributed by atoms with van der Waals surface area (Å²) in [4.78, 5) is 29.5. The van der Waals surface area contributed by atoms with Gasteiger partial charge in [-0.05, 0) is 38.2 Å². The van der Waals surface area contributed by atoms with Crippen LogP contribution in [0.1, 0.15) is 50.5 Å². The van der Waals surface area contributed by atoms with Crippen molar-refractivity contribution in [3.05, 3.63) is 18.0 Å². The Hall–Kier alpha value is -1.85. The van der Waals surface area contributed by atoms with Crippen molar-refractivity contribution in [1.29, 1.82) is 0 Å². The van der Waals surface area contributed by atoms with Crippen molar-refractivity contribution in [3.63, 3.8) is 0 Å². The lowest BCUT2D eigenvalue weighted by Gasteiger charge is -2.28. The van der Waals surface area contributed by atoms with Crippen molar-refractivity contribution < 1.29 is 9.59 Å². The molecular formula is C19H28N4O2. The zero-order chi connectivity index (χ0) is 17.4. The van der Waals surface area contributed by atoms with E-state index in [2.05, 4.69) is 5.10 Å². The van der Waals surface area contributed by atoms with Crippen molar-refractivity contribution in [1.82, 2.24) is 19.6 Å². The molecule has 2 amide bonds. The maximum Gasteiger partial charge on any atom is 0.228 e. The lowest BCUT2D eigenvalue weighted by atomic mass is 10.1. The van der Waals surface area contributed by atoms with Crippen molar-refractivity contribution in [2.45, 2.75) is 70.5 Å². The van der Waals surface area contributed by atoms with Gasteiger partial charge in [-0.1, -0.05) is 12.8 Å². The van der Waals surface area contributed by atoms with Gasteiger partial charge in [0.15, 0.2) is 0 Å². The maximum absolute atomic E-state index is 13.1. The van der Waals surface area contributed by atoms with E-state index in [1.165, 1.54) is 12.8 Å². The fourth-order valence-electron chi connectivity index (χ4n) is 4.80. The van der Waals surface area contributed by atoms with Crippen LogP contribution in [-0.4, -0.2) is 56.6 Å². The van der Waals surface area contributed by atoms with Crippen molar-refractivity contribution >= 4 is 11.8 Å². The Balaban J connectivity index is 1.40. The van der Waals surface area contributed by atoms with Crippen LogP contribution < -0.4 is 0 Å². The molecule has 1 aromatic heterocycles. The average Bonchev–Trinajstić information content (AvgIpc) is 3.34. The Bertz CT molecular complexity index is 650. The van der Waals surface area contributed by atoms with Crippen LogP contribution in [-0.2, 0) is 16.1 Å². The number of nitrogens with zero attached hydrogens (tertiary/aromatic N) is 4. The lowest BCUT2D eigenvalue weighted by molar-refractivity contribution is -0.136. The third-order valence-electron chi connectivity index (χ3n) is 6.09. The summed E-state index contributed by atoms with van der Waals surface area (Å²) in [5.74, 6) is 0.219. The maximum atomic E-state index is 13.1. The van der Waals surface area contributed by atoms with E-state index in [0.717, 1.165) is 44.3 Å². The highest BCUT2D eigenvalue weighted by molar-refractivity contribution is 5.89. The van der Waals surface area contributed by atoms with E-state index in [9.17, 15) is 9.59 Å². The molecule has 6 nitrogen and oxygen atoms in total. The quantitative estimate of drug-likeness (QED) is 0.839. The first-order valence-electron chi connectivity index (χ1n) is 9.71. The molecule has 2 saturated heterocycles. The number of aromatic nitrogens is 2. The first kappa shape index (κ1) is 16.6. The number of hydrogen-bond acceptors (Lipinski definition) is 3. The third kappa shape index (κ3) is 3.31. The van der Waals surface area contributed by atoms with Crippen LogP contribution in [0.3, 0.4) is 0 Å². The number of rotatable bonds is 4. The molecule has 0 bridgehead atoms. The van der Waals surface area contributed by atoms with E-state index in [-0.39, 0.29) is 23.8 Å². The minimum Gasteiger partial charge on any atom is -0.339 e. The second-order valence-corrected chi connectivity index (χ2v) is 7.95. The fraction of sp³-hybridized carbons (Fsp3) is 0.737. The fourth-order valence-corrected chi connectivity index (χ4v) is 4.80. The summed E-state index contributed by atoms with van der Waals surface area (Å²) in [6.07, 6.45) is 11.0. The van der Waals surface area contributed by atoms with Gasteiger partial charge >= 0.3 is 0 Å². The minimum absolute atomic E-state index is 0.145. The Kier molecular flexibility index (Phi) is 4.52. The standard InChI is InChI=1S/C19H28N4O2/c1-14-10-20-21(11-14)13-17-7-4-8-22(17)19(25)15-9-18(24)23(12-15)16-5-2-3-6-16/h10-11,15-17H,2-9,12-13H2,1H3. The summed E-state index contributed by atoms with van der Waals surface area (Å²) in [5, 5.41) is 4.36. The first-order chi connectivity index (χ1) is 12.1. The van der Waals surface area contributed by atoms with E-state index in [4.69, 9.17) is 0 Å². The van der Waals surface area contributed by atoms with Gasteiger partial charge in [-0.25, -0.2) is 0 Å². The average molecular weight is 344 g/mol. The molecule has 0 N–H and O–H groups in total. The molecule has 2 atom stereocenters. The van der Waals surface area contributed by atoms with Gasteiger partial charge in [-0.2, -0.15) is 5.10 Å². The van der Waals surface area contributed by atoms with Crippen molar-refractivity contribution in [2.75, 3.05) is 13.1 Å². The van der Waals surface area contributed by atoms with Crippen LogP contribution in [0.25, 0.3) is 0 Å². The molecule has 3 heterocycles. The molecule has 2 aliphatic heterocycles. The second kappa shape index (κ2) is 6.81. The SMILES string of the molecule is Cc1cnn(CC2CCCN2C(=O)C2CC(=O)N(C3CCCC3)C2)c1. The number of hydrogen-bond donors (Lipinski definition) is 0. The molecule has 3 fully saturated rings. The topological polar surface area (TPSA) is 58.4 Å². The van der Waals surface area contributed by atoms with Gasteiger partial charge in [0.25, 0.3) is 0 Å². The van der Waals surface area contributed by atoms with E-state index in [0.29, 0.717) is 19.0 Å². The predicted octanol–water partition coefficient (Wildman–Crippen LogP) is 1.97. The van der Waals surface area contributed by atoms with Gasteiger partial charge in [0, 0.05) is 31.7 Å². The van der Waals surface area contributed by atoms with Gasteiger partial charge in [0.2, 0.25) is 11.8 Å². The third-order valence-corrected chi connectivity index (χ3v) is 6.09. The molecular weight excluding hydrogens is 316 g/mol. The highest BCUT2D eigenvalue weighted by Crippen LogP contribution is 2.31. The van der Waals surface area contributed by atoms with E-state index >= 15 is 0 Å². The molecule has 4 rings (SSSR count). The number of carbonyl (C=O) groups is 2. The molecule has 25 heavy (non-hydrogen) atoms. The van der Waals surface area contributed by atoms with Crippen LogP contribution in [0.4, 0.5) is 0 Å². The van der Waals surface area contributed by atoms with Gasteiger partial charge in [-0.15, -0.1) is 0 Å². The van der Waals surface area contributed by atoms with Crippen LogP contribution >= 0.6 is 0 Å². The number of amides is 2. The van der Waals surface area contributed by atoms with E-state index < -0.39 is 0 Å². The van der Waals surface area contributed by atoms with E-state index in [1.807, 2.05) is 33.8 Å². The molecule has 0 aromatic carbocycles. The summed E-state index contributed by atoms with van der Waals surface area (Å²) < 4.78 is 1.94. The number of carbonyl (C=O) groups excluding carboxylic acids is 2. The van der Waals surface area contributed by atoms with Gasteiger partial charge in [0.05, 0.1) is 24.7 Å². The van der Waals surface area contributed by atoms with Crippen LogP contribution in [0.2, 0.25) is 0 Å². The highest BCUT2D eigenvalue weighted by atomic mass is 16.2. The van der Waals surface area contributed by atoms with Crippen LogP contribution in [0, 0.1) is 12.8 Å². The summed E-state index contributed by atoms with van der Waals surface area (Å²) in [7, 11) is 0. The molecule has 0 spiro atoms. The Labute approximate surface area is 149 Å². The minimum atomic E-state index is -0.145. The number of aryl methyl sites for hydroxylation is 1. The monoisotopic (exact) mass is 344 g/mol. The Morgan fingerprint density at radius 2 is 2.04 bits per heavy atom. The van der Waals surface area contributed by atoms with Crippen LogP contribution in [0.15, 0.2) is 12.4 Å². The second-order valence-electron chi connectivity index (χ2n) is 7.95. The molecule has 0 radical (unpaired) electrons. The summed E-state index contributed by atoms with van der Waals surface area (Å²) in [5.41, 5.74) is 1.14. The van der Waals surface area contributed by atoms with Crippen LogP contribution in [0.5, 0.6) is 0 Å². The molecule has 136 valence electrons. The van der Waals surface area contributed by atoms with Crippen molar-refractivity contribution in [3.8, 4) is 0 Å². The largest absolute Gasteiger partial charge is 0.339 e. The summed E-state index contributed by atoms with van der Waals surface area (Å²) in [6.45, 7) is 4.24. The lowest BCUT2D eigenvalue weighted by Crippen LogP contribution is -2.43. The number of likely N-dealkylation sites (tertiary alicyclic amines) is 2. The van der Waals surface area contributed by atoms with E-state index in [1.54, 1.807) is 0 Å². The Morgan fingerprint density at radius 3 is 2.76 bits per heavy atom. The first-order valence-corrected chi connectivity index (χ1v) is 9.71. The molecule has 2 unspecified atom stereocenters. The molecule has 6 heteroatoms. The Morgan fingerprint density at radius 1 is 1.24 bits per heavy atom. The van der Waals surface area contributed by atoms with Gasteiger partial charge in [0.1, 0.15) is 0 Å². The molecule has 3 aliphatic rings.